The molecule has 0 amide bonds. The van der Waals surface area contributed by atoms with Gasteiger partial charge in [-0.1, -0.05) is 18.2 Å². The van der Waals surface area contributed by atoms with E-state index in [1.807, 2.05) is 29.2 Å². The largest absolute Gasteiger partial charge is 0.480 e. The van der Waals surface area contributed by atoms with Crippen LogP contribution in [0.1, 0.15) is 18.4 Å². The topological polar surface area (TPSA) is 53.7 Å². The van der Waals surface area contributed by atoms with Gasteiger partial charge in [0.2, 0.25) is 0 Å². The van der Waals surface area contributed by atoms with Crippen LogP contribution in [0.25, 0.3) is 11.0 Å². The molecule has 1 saturated heterocycles. The van der Waals surface area contributed by atoms with Crippen LogP contribution in [-0.2, 0) is 11.3 Å². The number of halogens is 1. The van der Waals surface area contributed by atoms with Crippen molar-refractivity contribution in [3.63, 3.8) is 0 Å². The van der Waals surface area contributed by atoms with Crippen LogP contribution in [0.2, 0.25) is 5.22 Å². The van der Waals surface area contributed by atoms with Crippen LogP contribution in [0.15, 0.2) is 28.7 Å². The first kappa shape index (κ1) is 12.5. The molecule has 1 fully saturated rings. The van der Waals surface area contributed by atoms with Crippen molar-refractivity contribution >= 4 is 28.5 Å². The lowest BCUT2D eigenvalue weighted by atomic mass is 10.1. The van der Waals surface area contributed by atoms with E-state index >= 15 is 0 Å². The Morgan fingerprint density at radius 2 is 2.26 bits per heavy atom. The number of benzene rings is 1. The van der Waals surface area contributed by atoms with Gasteiger partial charge in [-0.15, -0.1) is 0 Å². The molecule has 1 N–H and O–H groups in total. The monoisotopic (exact) mass is 279 g/mol. The summed E-state index contributed by atoms with van der Waals surface area (Å²) in [6.45, 7) is 1.31. The number of likely N-dealkylation sites (tertiary alicyclic amines) is 1. The van der Waals surface area contributed by atoms with E-state index in [1.54, 1.807) is 0 Å². The second-order valence-corrected chi connectivity index (χ2v) is 5.16. The van der Waals surface area contributed by atoms with Crippen LogP contribution in [-0.4, -0.2) is 28.6 Å². The van der Waals surface area contributed by atoms with E-state index in [2.05, 4.69) is 0 Å². The normalized spacial score (nSPS) is 20.2. The molecule has 0 spiro atoms. The van der Waals surface area contributed by atoms with Crippen molar-refractivity contribution in [3.8, 4) is 0 Å². The maximum Gasteiger partial charge on any atom is 0.320 e. The van der Waals surface area contributed by atoms with Gasteiger partial charge < -0.3 is 9.52 Å². The Balaban J connectivity index is 1.93. The highest BCUT2D eigenvalue weighted by atomic mass is 35.5. The molecule has 0 radical (unpaired) electrons. The summed E-state index contributed by atoms with van der Waals surface area (Å²) in [6.07, 6.45) is 1.60. The fraction of sp³-hybridized carbons (Fsp3) is 0.357. The van der Waals surface area contributed by atoms with Crippen molar-refractivity contribution in [2.75, 3.05) is 6.54 Å². The first-order chi connectivity index (χ1) is 9.16. The van der Waals surface area contributed by atoms with Crippen molar-refractivity contribution in [2.24, 2.45) is 0 Å². The maximum atomic E-state index is 11.2. The number of hydrogen-bond acceptors (Lipinski definition) is 3. The Morgan fingerprint density at radius 3 is 3.05 bits per heavy atom. The fourth-order valence-electron chi connectivity index (χ4n) is 2.71. The Bertz CT molecular complexity index is 622. The first-order valence-corrected chi connectivity index (χ1v) is 6.67. The summed E-state index contributed by atoms with van der Waals surface area (Å²) in [5.74, 6) is -0.763. The predicted molar refractivity (Wildman–Crippen MR) is 72.3 cm³/mol. The molecular formula is C14H14ClNO3. The molecule has 1 aliphatic rings. The Labute approximate surface area is 115 Å². The second-order valence-electron chi connectivity index (χ2n) is 4.82. The molecule has 3 rings (SSSR count). The minimum atomic E-state index is -0.763. The number of hydrogen-bond donors (Lipinski definition) is 1. The number of para-hydroxylation sites is 1. The molecule has 2 heterocycles. The van der Waals surface area contributed by atoms with Gasteiger partial charge in [0, 0.05) is 17.5 Å². The number of carboxylic acid groups (broad SMARTS) is 1. The quantitative estimate of drug-likeness (QED) is 0.938. The SMILES string of the molecule is O=C(O)C1CCCN1Cc1c(Cl)oc2ccccc12. The lowest BCUT2D eigenvalue weighted by Gasteiger charge is -2.20. The fourth-order valence-corrected chi connectivity index (χ4v) is 2.96. The third kappa shape index (κ3) is 2.22. The summed E-state index contributed by atoms with van der Waals surface area (Å²) in [6, 6.07) is 7.22. The average Bonchev–Trinajstić information content (AvgIpc) is 2.96. The molecule has 4 nitrogen and oxygen atoms in total. The molecule has 1 aromatic heterocycles. The highest BCUT2D eigenvalue weighted by molar-refractivity contribution is 6.30. The zero-order valence-corrected chi connectivity index (χ0v) is 11.1. The summed E-state index contributed by atoms with van der Waals surface area (Å²) >= 11 is 6.13. The first-order valence-electron chi connectivity index (χ1n) is 6.29. The van der Waals surface area contributed by atoms with Crippen LogP contribution >= 0.6 is 11.6 Å². The van der Waals surface area contributed by atoms with Crippen molar-refractivity contribution in [3.05, 3.63) is 35.0 Å². The molecule has 1 atom stereocenters. The van der Waals surface area contributed by atoms with Gasteiger partial charge in [-0.2, -0.15) is 0 Å². The van der Waals surface area contributed by atoms with Crippen LogP contribution < -0.4 is 0 Å². The molecule has 0 bridgehead atoms. The predicted octanol–water partition coefficient (Wildman–Crippen LogP) is 3.14. The summed E-state index contributed by atoms with van der Waals surface area (Å²) in [7, 11) is 0. The number of fused-ring (bicyclic) bond motifs is 1. The lowest BCUT2D eigenvalue weighted by molar-refractivity contribution is -0.142. The third-order valence-electron chi connectivity index (χ3n) is 3.66. The summed E-state index contributed by atoms with van der Waals surface area (Å²) in [5.41, 5.74) is 1.62. The van der Waals surface area contributed by atoms with Crippen molar-refractivity contribution in [1.82, 2.24) is 4.90 Å². The highest BCUT2D eigenvalue weighted by Gasteiger charge is 2.31. The van der Waals surface area contributed by atoms with E-state index in [0.717, 1.165) is 29.5 Å². The zero-order chi connectivity index (χ0) is 13.4. The van der Waals surface area contributed by atoms with Crippen molar-refractivity contribution in [2.45, 2.75) is 25.4 Å². The molecule has 19 heavy (non-hydrogen) atoms. The highest BCUT2D eigenvalue weighted by Crippen LogP contribution is 2.32. The van der Waals surface area contributed by atoms with Gasteiger partial charge in [-0.05, 0) is 37.1 Å². The van der Waals surface area contributed by atoms with E-state index in [1.165, 1.54) is 0 Å². The van der Waals surface area contributed by atoms with Gasteiger partial charge >= 0.3 is 5.97 Å². The summed E-state index contributed by atoms with van der Waals surface area (Å²) < 4.78 is 5.50. The van der Waals surface area contributed by atoms with Gasteiger partial charge in [-0.25, -0.2) is 0 Å². The molecule has 5 heteroatoms. The molecular weight excluding hydrogens is 266 g/mol. The molecule has 0 aliphatic carbocycles. The Morgan fingerprint density at radius 1 is 1.47 bits per heavy atom. The number of carboxylic acids is 1. The van der Waals surface area contributed by atoms with Gasteiger partial charge in [0.1, 0.15) is 11.6 Å². The number of aliphatic carboxylic acids is 1. The summed E-state index contributed by atoms with van der Waals surface area (Å²) in [5, 5.41) is 10.5. The standard InChI is InChI=1S/C14H14ClNO3/c15-13-10(9-4-1-2-6-12(9)19-13)8-16-7-3-5-11(16)14(17)18/h1-2,4,6,11H,3,5,7-8H2,(H,17,18). The smallest absolute Gasteiger partial charge is 0.320 e. The van der Waals surface area contributed by atoms with E-state index in [9.17, 15) is 9.90 Å². The lowest BCUT2D eigenvalue weighted by Crippen LogP contribution is -2.35. The molecule has 1 aromatic carbocycles. The van der Waals surface area contributed by atoms with Crippen LogP contribution in [0.3, 0.4) is 0 Å². The molecule has 2 aromatic rings. The van der Waals surface area contributed by atoms with E-state index in [-0.39, 0.29) is 0 Å². The minimum absolute atomic E-state index is 0.359. The Kier molecular flexibility index (Phi) is 3.21. The number of furan rings is 1. The van der Waals surface area contributed by atoms with Gasteiger partial charge in [0.15, 0.2) is 5.22 Å². The number of rotatable bonds is 3. The van der Waals surface area contributed by atoms with Crippen molar-refractivity contribution in [1.29, 1.82) is 0 Å². The van der Waals surface area contributed by atoms with Gasteiger partial charge in [-0.3, -0.25) is 9.69 Å². The average molecular weight is 280 g/mol. The molecule has 0 saturated carbocycles. The molecule has 1 aliphatic heterocycles. The zero-order valence-electron chi connectivity index (χ0n) is 10.3. The second kappa shape index (κ2) is 4.87. The van der Waals surface area contributed by atoms with Crippen LogP contribution in [0, 0.1) is 0 Å². The maximum absolute atomic E-state index is 11.2. The minimum Gasteiger partial charge on any atom is -0.480 e. The summed E-state index contributed by atoms with van der Waals surface area (Å²) in [4.78, 5) is 13.1. The van der Waals surface area contributed by atoms with Crippen molar-refractivity contribution < 1.29 is 14.3 Å². The van der Waals surface area contributed by atoms with E-state index in [0.29, 0.717) is 18.2 Å². The van der Waals surface area contributed by atoms with E-state index in [4.69, 9.17) is 16.0 Å². The Hall–Kier alpha value is -1.52. The van der Waals surface area contributed by atoms with Crippen LogP contribution in [0.4, 0.5) is 0 Å². The van der Waals surface area contributed by atoms with Crippen LogP contribution in [0.5, 0.6) is 0 Å². The van der Waals surface area contributed by atoms with Gasteiger partial charge in [0.05, 0.1) is 0 Å². The molecule has 100 valence electrons. The number of nitrogens with zero attached hydrogens (tertiary/aromatic N) is 1. The van der Waals surface area contributed by atoms with Gasteiger partial charge in [0.25, 0.3) is 0 Å². The third-order valence-corrected chi connectivity index (χ3v) is 3.96. The molecule has 1 unspecified atom stereocenters. The number of carbonyl (C=O) groups is 1. The van der Waals surface area contributed by atoms with E-state index < -0.39 is 12.0 Å².